The molecule has 3 aromatic rings. The van der Waals surface area contributed by atoms with E-state index < -0.39 is 0 Å². The van der Waals surface area contributed by atoms with Crippen LogP contribution in [0.3, 0.4) is 0 Å². The largest absolute Gasteiger partial charge is 0.453 e. The summed E-state index contributed by atoms with van der Waals surface area (Å²) < 4.78 is 5.96. The average molecular weight is 285 g/mol. The van der Waals surface area contributed by atoms with Gasteiger partial charge in [-0.2, -0.15) is 0 Å². The van der Waals surface area contributed by atoms with Gasteiger partial charge in [-0.15, -0.1) is 11.6 Å². The van der Waals surface area contributed by atoms with Crippen molar-refractivity contribution >= 4 is 22.5 Å². The van der Waals surface area contributed by atoms with Crippen molar-refractivity contribution in [2.75, 3.05) is 0 Å². The summed E-state index contributed by atoms with van der Waals surface area (Å²) in [6, 6.07) is 11.7. The zero-order valence-corrected chi connectivity index (χ0v) is 11.8. The summed E-state index contributed by atoms with van der Waals surface area (Å²) in [7, 11) is 0. The van der Waals surface area contributed by atoms with Gasteiger partial charge >= 0.3 is 0 Å². The molecule has 0 amide bonds. The van der Waals surface area contributed by atoms with Crippen molar-refractivity contribution in [2.24, 2.45) is 0 Å². The molecule has 4 heteroatoms. The van der Waals surface area contributed by atoms with E-state index in [0.717, 1.165) is 22.2 Å². The number of halogens is 1. The highest BCUT2D eigenvalue weighted by atomic mass is 35.5. The Hall–Kier alpha value is -2.13. The van der Waals surface area contributed by atoms with Gasteiger partial charge in [0, 0.05) is 22.8 Å². The van der Waals surface area contributed by atoms with E-state index in [1.807, 2.05) is 43.3 Å². The fraction of sp³-hybridized carbons (Fsp3) is 0.125. The Bertz CT molecular complexity index is 758. The predicted molar refractivity (Wildman–Crippen MR) is 80.3 cm³/mol. The molecular weight excluding hydrogens is 272 g/mol. The van der Waals surface area contributed by atoms with Crippen molar-refractivity contribution in [1.82, 2.24) is 9.97 Å². The number of aromatic nitrogens is 2. The SMILES string of the molecule is Cc1ccc2cccc(Oc3cnccc3CCl)c2n1. The van der Waals surface area contributed by atoms with E-state index >= 15 is 0 Å². The van der Waals surface area contributed by atoms with Crippen molar-refractivity contribution in [1.29, 1.82) is 0 Å². The lowest BCUT2D eigenvalue weighted by Gasteiger charge is -2.11. The second kappa shape index (κ2) is 5.47. The molecule has 20 heavy (non-hydrogen) atoms. The van der Waals surface area contributed by atoms with Gasteiger partial charge in [0.1, 0.15) is 11.3 Å². The smallest absolute Gasteiger partial charge is 0.153 e. The Morgan fingerprint density at radius 3 is 2.85 bits per heavy atom. The van der Waals surface area contributed by atoms with Gasteiger partial charge < -0.3 is 4.74 Å². The number of rotatable bonds is 3. The lowest BCUT2D eigenvalue weighted by molar-refractivity contribution is 0.480. The van der Waals surface area contributed by atoms with Crippen molar-refractivity contribution in [3.05, 3.63) is 60.0 Å². The average Bonchev–Trinajstić information content (AvgIpc) is 2.48. The first-order valence-electron chi connectivity index (χ1n) is 6.31. The Morgan fingerprint density at radius 1 is 1.10 bits per heavy atom. The molecule has 0 N–H and O–H groups in total. The maximum Gasteiger partial charge on any atom is 0.153 e. The second-order valence-electron chi connectivity index (χ2n) is 4.50. The summed E-state index contributed by atoms with van der Waals surface area (Å²) in [6.07, 6.45) is 3.38. The third-order valence-corrected chi connectivity index (χ3v) is 3.34. The van der Waals surface area contributed by atoms with Crippen LogP contribution in [0.2, 0.25) is 0 Å². The third-order valence-electron chi connectivity index (χ3n) is 3.06. The Balaban J connectivity index is 2.08. The highest BCUT2D eigenvalue weighted by Gasteiger charge is 2.08. The number of ether oxygens (including phenoxy) is 1. The van der Waals surface area contributed by atoms with Gasteiger partial charge in [0.15, 0.2) is 5.75 Å². The molecule has 0 atom stereocenters. The predicted octanol–water partition coefficient (Wildman–Crippen LogP) is 4.47. The van der Waals surface area contributed by atoms with Crippen LogP contribution in [-0.2, 0) is 5.88 Å². The molecule has 0 radical (unpaired) electrons. The zero-order chi connectivity index (χ0) is 13.9. The van der Waals surface area contributed by atoms with Crippen LogP contribution >= 0.6 is 11.6 Å². The van der Waals surface area contributed by atoms with Gasteiger partial charge in [0.05, 0.1) is 12.1 Å². The topological polar surface area (TPSA) is 35.0 Å². The molecule has 1 aromatic carbocycles. The van der Waals surface area contributed by atoms with Gasteiger partial charge in [-0.05, 0) is 25.1 Å². The van der Waals surface area contributed by atoms with Gasteiger partial charge in [-0.1, -0.05) is 18.2 Å². The number of pyridine rings is 2. The summed E-state index contributed by atoms with van der Waals surface area (Å²) >= 11 is 5.92. The van der Waals surface area contributed by atoms with Gasteiger partial charge in [-0.25, -0.2) is 4.98 Å². The van der Waals surface area contributed by atoms with E-state index in [0.29, 0.717) is 17.4 Å². The van der Waals surface area contributed by atoms with Gasteiger partial charge in [0.25, 0.3) is 0 Å². The van der Waals surface area contributed by atoms with Crippen LogP contribution in [-0.4, -0.2) is 9.97 Å². The number of nitrogens with zero attached hydrogens (tertiary/aromatic N) is 2. The minimum absolute atomic E-state index is 0.384. The molecule has 0 bridgehead atoms. The zero-order valence-electron chi connectivity index (χ0n) is 11.0. The van der Waals surface area contributed by atoms with Crippen LogP contribution in [0.5, 0.6) is 11.5 Å². The van der Waals surface area contributed by atoms with Crippen molar-refractivity contribution in [3.8, 4) is 11.5 Å². The van der Waals surface area contributed by atoms with Gasteiger partial charge in [-0.3, -0.25) is 4.98 Å². The van der Waals surface area contributed by atoms with E-state index in [4.69, 9.17) is 16.3 Å². The fourth-order valence-corrected chi connectivity index (χ4v) is 2.25. The molecule has 0 aliphatic heterocycles. The maximum atomic E-state index is 5.96. The second-order valence-corrected chi connectivity index (χ2v) is 4.77. The lowest BCUT2D eigenvalue weighted by atomic mass is 10.2. The Labute approximate surface area is 122 Å². The maximum absolute atomic E-state index is 5.96. The normalized spacial score (nSPS) is 10.7. The first-order chi connectivity index (χ1) is 9.78. The highest BCUT2D eigenvalue weighted by Crippen LogP contribution is 2.30. The Kier molecular flexibility index (Phi) is 3.52. The minimum Gasteiger partial charge on any atom is -0.453 e. The van der Waals surface area contributed by atoms with Crippen LogP contribution in [0.1, 0.15) is 11.3 Å². The molecule has 0 aliphatic rings. The number of benzene rings is 1. The summed E-state index contributed by atoms with van der Waals surface area (Å²) in [6.45, 7) is 1.96. The first-order valence-corrected chi connectivity index (χ1v) is 6.84. The molecule has 0 aliphatic carbocycles. The molecule has 2 heterocycles. The standard InChI is InChI=1S/C16H13ClN2O/c1-11-5-6-12-3-2-4-14(16(12)19-11)20-15-10-18-8-7-13(15)9-17/h2-8,10H,9H2,1H3. The Morgan fingerprint density at radius 2 is 2.00 bits per heavy atom. The van der Waals surface area contributed by atoms with Crippen LogP contribution in [0.15, 0.2) is 48.8 Å². The molecule has 0 saturated heterocycles. The van der Waals surface area contributed by atoms with Crippen LogP contribution < -0.4 is 4.74 Å². The number of alkyl halides is 1. The van der Waals surface area contributed by atoms with Crippen molar-refractivity contribution < 1.29 is 4.74 Å². The van der Waals surface area contributed by atoms with E-state index in [9.17, 15) is 0 Å². The summed E-state index contributed by atoms with van der Waals surface area (Å²) in [5.41, 5.74) is 2.71. The first kappa shape index (κ1) is 12.9. The van der Waals surface area contributed by atoms with E-state index in [2.05, 4.69) is 9.97 Å². The number of aryl methyl sites for hydroxylation is 1. The molecule has 0 unspecified atom stereocenters. The van der Waals surface area contributed by atoms with E-state index in [-0.39, 0.29) is 0 Å². The van der Waals surface area contributed by atoms with E-state index in [1.54, 1.807) is 12.4 Å². The summed E-state index contributed by atoms with van der Waals surface area (Å²) in [4.78, 5) is 8.63. The van der Waals surface area contributed by atoms with Crippen LogP contribution in [0.25, 0.3) is 10.9 Å². The molecule has 0 spiro atoms. The molecule has 2 aromatic heterocycles. The fourth-order valence-electron chi connectivity index (χ4n) is 2.03. The van der Waals surface area contributed by atoms with Gasteiger partial charge in [0.2, 0.25) is 0 Å². The minimum atomic E-state index is 0.384. The molecule has 0 fully saturated rings. The number of para-hydroxylation sites is 1. The van der Waals surface area contributed by atoms with Crippen LogP contribution in [0, 0.1) is 6.92 Å². The van der Waals surface area contributed by atoms with Crippen LogP contribution in [0.4, 0.5) is 0 Å². The summed E-state index contributed by atoms with van der Waals surface area (Å²) in [5, 5.41) is 1.05. The molecular formula is C16H13ClN2O. The molecule has 3 rings (SSSR count). The summed E-state index contributed by atoms with van der Waals surface area (Å²) in [5.74, 6) is 1.76. The van der Waals surface area contributed by atoms with Crippen molar-refractivity contribution in [3.63, 3.8) is 0 Å². The van der Waals surface area contributed by atoms with E-state index in [1.165, 1.54) is 0 Å². The lowest BCUT2D eigenvalue weighted by Crippen LogP contribution is -1.93. The quantitative estimate of drug-likeness (QED) is 0.666. The number of hydrogen-bond donors (Lipinski definition) is 0. The van der Waals surface area contributed by atoms with Crippen molar-refractivity contribution in [2.45, 2.75) is 12.8 Å². The molecule has 3 nitrogen and oxygen atoms in total. The number of fused-ring (bicyclic) bond motifs is 1. The molecule has 0 saturated carbocycles. The molecule has 100 valence electrons. The monoisotopic (exact) mass is 284 g/mol. The third kappa shape index (κ3) is 2.45. The highest BCUT2D eigenvalue weighted by molar-refractivity contribution is 6.17. The number of hydrogen-bond acceptors (Lipinski definition) is 3.